The molecule has 30 heavy (non-hydrogen) atoms. The van der Waals surface area contributed by atoms with Crippen LogP contribution < -0.4 is 10.2 Å². The second kappa shape index (κ2) is 8.86. The smallest absolute Gasteiger partial charge is 0.257 e. The number of nitrogens with zero attached hydrogens (tertiary/aromatic N) is 3. The van der Waals surface area contributed by atoms with Gasteiger partial charge in [-0.25, -0.2) is 4.98 Å². The molecular formula is C23H30N4O2S. The van der Waals surface area contributed by atoms with E-state index in [1.54, 1.807) is 6.07 Å². The molecule has 2 amide bonds. The van der Waals surface area contributed by atoms with Crippen molar-refractivity contribution >= 4 is 34.0 Å². The highest BCUT2D eigenvalue weighted by Gasteiger charge is 2.25. The van der Waals surface area contributed by atoms with Crippen LogP contribution in [0.25, 0.3) is 0 Å². The van der Waals surface area contributed by atoms with Crippen LogP contribution in [0.15, 0.2) is 23.6 Å². The zero-order chi connectivity index (χ0) is 21.3. The standard InChI is InChI=1S/C23H30N4O2S/c1-4-21(28)27-8-7-17-10-18(5-6-20(17)27)22(29)25-23-24-19(14-30-23)13-26-11-15(2)9-16(3)12-26/h5-6,10,14-16H,4,7-9,11-13H2,1-3H3,(H,24,25,29)/t15-,16-/m1/s1. The third-order valence-electron chi connectivity index (χ3n) is 5.94. The number of rotatable bonds is 5. The number of fused-ring (bicyclic) bond motifs is 1. The number of carbonyl (C=O) groups excluding carboxylic acids is 2. The Morgan fingerprint density at radius 3 is 2.73 bits per heavy atom. The largest absolute Gasteiger partial charge is 0.312 e. The zero-order valence-corrected chi connectivity index (χ0v) is 18.8. The van der Waals surface area contributed by atoms with Gasteiger partial charge in [0, 0.05) is 49.2 Å². The normalized spacial score (nSPS) is 21.5. The Hall–Kier alpha value is -2.25. The number of piperidine rings is 1. The zero-order valence-electron chi connectivity index (χ0n) is 18.0. The summed E-state index contributed by atoms with van der Waals surface area (Å²) in [7, 11) is 0. The fourth-order valence-corrected chi connectivity index (χ4v) is 5.45. The molecule has 160 valence electrons. The molecule has 0 spiro atoms. The molecule has 2 aliphatic rings. The maximum absolute atomic E-state index is 12.7. The molecule has 2 aliphatic heterocycles. The van der Waals surface area contributed by atoms with Crippen LogP contribution in [0.3, 0.4) is 0 Å². The fraction of sp³-hybridized carbons (Fsp3) is 0.522. The van der Waals surface area contributed by atoms with E-state index in [0.29, 0.717) is 23.7 Å². The molecule has 4 rings (SSSR count). The lowest BCUT2D eigenvalue weighted by molar-refractivity contribution is -0.118. The van der Waals surface area contributed by atoms with Crippen LogP contribution in [-0.4, -0.2) is 41.3 Å². The average Bonchev–Trinajstić information content (AvgIpc) is 3.32. The maximum Gasteiger partial charge on any atom is 0.257 e. The lowest BCUT2D eigenvalue weighted by Gasteiger charge is -2.34. The van der Waals surface area contributed by atoms with Crippen LogP contribution >= 0.6 is 11.3 Å². The van der Waals surface area contributed by atoms with Crippen LogP contribution in [0.2, 0.25) is 0 Å². The highest BCUT2D eigenvalue weighted by Crippen LogP contribution is 2.30. The van der Waals surface area contributed by atoms with Crippen molar-refractivity contribution < 1.29 is 9.59 Å². The molecule has 0 saturated carbocycles. The van der Waals surface area contributed by atoms with Gasteiger partial charge in [-0.1, -0.05) is 20.8 Å². The van der Waals surface area contributed by atoms with Crippen LogP contribution in [0.1, 0.15) is 55.2 Å². The Balaban J connectivity index is 1.39. The van der Waals surface area contributed by atoms with Crippen molar-refractivity contribution in [1.82, 2.24) is 9.88 Å². The molecule has 3 heterocycles. The maximum atomic E-state index is 12.7. The Morgan fingerprint density at radius 2 is 2.00 bits per heavy atom. The number of aromatic nitrogens is 1. The third kappa shape index (κ3) is 4.57. The molecule has 0 unspecified atom stereocenters. The molecule has 1 N–H and O–H groups in total. The Labute approximate surface area is 182 Å². The first-order chi connectivity index (χ1) is 14.4. The molecule has 1 aromatic carbocycles. The Morgan fingerprint density at radius 1 is 1.23 bits per heavy atom. The number of carbonyl (C=O) groups is 2. The first-order valence-electron chi connectivity index (χ1n) is 10.8. The van der Waals surface area contributed by atoms with Crippen LogP contribution in [-0.2, 0) is 17.8 Å². The van der Waals surface area contributed by atoms with Crippen molar-refractivity contribution in [1.29, 1.82) is 0 Å². The summed E-state index contributed by atoms with van der Waals surface area (Å²) in [5.74, 6) is 1.41. The van der Waals surface area contributed by atoms with Gasteiger partial charge in [-0.15, -0.1) is 11.3 Å². The van der Waals surface area contributed by atoms with Gasteiger partial charge in [0.2, 0.25) is 5.91 Å². The van der Waals surface area contributed by atoms with Gasteiger partial charge in [-0.3, -0.25) is 19.8 Å². The molecule has 2 atom stereocenters. The Kier molecular flexibility index (Phi) is 6.20. The minimum Gasteiger partial charge on any atom is -0.312 e. The van der Waals surface area contributed by atoms with E-state index in [9.17, 15) is 9.59 Å². The Bertz CT molecular complexity index is 931. The second-order valence-electron chi connectivity index (χ2n) is 8.73. The van der Waals surface area contributed by atoms with Gasteiger partial charge in [0.05, 0.1) is 5.69 Å². The number of hydrogen-bond donors (Lipinski definition) is 1. The fourth-order valence-electron chi connectivity index (χ4n) is 4.75. The average molecular weight is 427 g/mol. The lowest BCUT2D eigenvalue weighted by Crippen LogP contribution is -2.38. The number of amides is 2. The number of hydrogen-bond acceptors (Lipinski definition) is 5. The molecule has 0 bridgehead atoms. The highest BCUT2D eigenvalue weighted by atomic mass is 32.1. The van der Waals surface area contributed by atoms with Crippen molar-refractivity contribution in [2.24, 2.45) is 11.8 Å². The summed E-state index contributed by atoms with van der Waals surface area (Å²) in [6, 6.07) is 5.58. The SMILES string of the molecule is CCC(=O)N1CCc2cc(C(=O)Nc3nc(CN4C[C@H](C)C[C@@H](C)C4)cs3)ccc21. The molecule has 6 nitrogen and oxygen atoms in total. The monoisotopic (exact) mass is 426 g/mol. The number of nitrogens with one attached hydrogen (secondary N) is 1. The van der Waals surface area contributed by atoms with E-state index >= 15 is 0 Å². The summed E-state index contributed by atoms with van der Waals surface area (Å²) in [5.41, 5.74) is 3.60. The quantitative estimate of drug-likeness (QED) is 0.779. The van der Waals surface area contributed by atoms with Gasteiger partial charge in [0.25, 0.3) is 5.91 Å². The molecule has 0 aliphatic carbocycles. The predicted octanol–water partition coefficient (Wildman–Crippen LogP) is 4.17. The van der Waals surface area contributed by atoms with Gasteiger partial charge in [-0.2, -0.15) is 0 Å². The van der Waals surface area contributed by atoms with Crippen molar-refractivity contribution in [2.45, 2.75) is 46.6 Å². The minimum atomic E-state index is -0.154. The van der Waals surface area contributed by atoms with E-state index in [4.69, 9.17) is 0 Å². The van der Waals surface area contributed by atoms with Gasteiger partial charge in [-0.05, 0) is 48.4 Å². The van der Waals surface area contributed by atoms with E-state index < -0.39 is 0 Å². The molecule has 1 saturated heterocycles. The summed E-state index contributed by atoms with van der Waals surface area (Å²) in [4.78, 5) is 33.7. The third-order valence-corrected chi connectivity index (χ3v) is 6.75. The molecule has 1 aromatic heterocycles. The highest BCUT2D eigenvalue weighted by molar-refractivity contribution is 7.14. The number of anilines is 2. The molecule has 2 aromatic rings. The second-order valence-corrected chi connectivity index (χ2v) is 9.59. The first-order valence-corrected chi connectivity index (χ1v) is 11.7. The summed E-state index contributed by atoms with van der Waals surface area (Å²) in [6.45, 7) is 10.2. The summed E-state index contributed by atoms with van der Waals surface area (Å²) < 4.78 is 0. The van der Waals surface area contributed by atoms with Crippen LogP contribution in [0.5, 0.6) is 0 Å². The molecule has 1 fully saturated rings. The molecular weight excluding hydrogens is 396 g/mol. The van der Waals surface area contributed by atoms with Gasteiger partial charge in [0.15, 0.2) is 5.13 Å². The van der Waals surface area contributed by atoms with E-state index in [1.807, 2.05) is 29.3 Å². The molecule has 0 radical (unpaired) electrons. The van der Waals surface area contributed by atoms with Gasteiger partial charge >= 0.3 is 0 Å². The summed E-state index contributed by atoms with van der Waals surface area (Å²) in [5, 5.41) is 5.61. The lowest BCUT2D eigenvalue weighted by atomic mass is 9.92. The summed E-state index contributed by atoms with van der Waals surface area (Å²) in [6.07, 6.45) is 2.57. The number of thiazole rings is 1. The van der Waals surface area contributed by atoms with Crippen LogP contribution in [0, 0.1) is 11.8 Å². The summed E-state index contributed by atoms with van der Waals surface area (Å²) >= 11 is 1.47. The minimum absolute atomic E-state index is 0.124. The van der Waals surface area contributed by atoms with Gasteiger partial charge < -0.3 is 4.90 Å². The van der Waals surface area contributed by atoms with Crippen molar-refractivity contribution in [3.8, 4) is 0 Å². The number of likely N-dealkylation sites (tertiary alicyclic amines) is 1. The van der Waals surface area contributed by atoms with Crippen LogP contribution in [0.4, 0.5) is 10.8 Å². The van der Waals surface area contributed by atoms with E-state index in [-0.39, 0.29) is 11.8 Å². The molecule has 7 heteroatoms. The first kappa shape index (κ1) is 21.0. The van der Waals surface area contributed by atoms with Gasteiger partial charge in [0.1, 0.15) is 0 Å². The van der Waals surface area contributed by atoms with Crippen molar-refractivity contribution in [3.05, 3.63) is 40.4 Å². The van der Waals surface area contributed by atoms with E-state index in [2.05, 4.69) is 29.0 Å². The predicted molar refractivity (Wildman–Crippen MR) is 121 cm³/mol. The topological polar surface area (TPSA) is 65.5 Å². The van der Waals surface area contributed by atoms with E-state index in [1.165, 1.54) is 17.8 Å². The van der Waals surface area contributed by atoms with Crippen molar-refractivity contribution in [3.63, 3.8) is 0 Å². The number of benzene rings is 1. The van der Waals surface area contributed by atoms with Crippen molar-refractivity contribution in [2.75, 3.05) is 29.9 Å². The van der Waals surface area contributed by atoms with E-state index in [0.717, 1.165) is 54.8 Å².